The van der Waals surface area contributed by atoms with Crippen molar-refractivity contribution in [2.24, 2.45) is 5.92 Å². The van der Waals surface area contributed by atoms with Crippen molar-refractivity contribution < 1.29 is 26.0 Å². The number of anilines is 2. The highest BCUT2D eigenvalue weighted by Crippen LogP contribution is 2.35. The molecule has 0 unspecified atom stereocenters. The van der Waals surface area contributed by atoms with Crippen LogP contribution in [0.2, 0.25) is 0 Å². The summed E-state index contributed by atoms with van der Waals surface area (Å²) in [6.07, 6.45) is -0.397. The SMILES string of the molecule is O=S1(=O)CCC(CNc2ncnc(N(Cc3ccc(C(F)(F)F)cc3)C3CC3)c2F)CC1. The average molecular weight is 473 g/mol. The molecule has 32 heavy (non-hydrogen) atoms. The Morgan fingerprint density at radius 1 is 1.03 bits per heavy atom. The van der Waals surface area contributed by atoms with Gasteiger partial charge in [0.1, 0.15) is 16.2 Å². The molecule has 0 spiro atoms. The monoisotopic (exact) mass is 472 g/mol. The minimum Gasteiger partial charge on any atom is -0.367 e. The topological polar surface area (TPSA) is 75.2 Å². The van der Waals surface area contributed by atoms with E-state index in [2.05, 4.69) is 15.3 Å². The van der Waals surface area contributed by atoms with E-state index in [0.717, 1.165) is 25.0 Å². The summed E-state index contributed by atoms with van der Waals surface area (Å²) in [4.78, 5) is 9.86. The fourth-order valence-corrected chi connectivity index (χ4v) is 5.42. The van der Waals surface area contributed by atoms with Crippen LogP contribution in [0.1, 0.15) is 36.8 Å². The Kier molecular flexibility index (Phi) is 6.28. The largest absolute Gasteiger partial charge is 0.416 e. The van der Waals surface area contributed by atoms with Gasteiger partial charge in [0.2, 0.25) is 5.82 Å². The van der Waals surface area contributed by atoms with Crippen molar-refractivity contribution in [3.05, 3.63) is 47.5 Å². The lowest BCUT2D eigenvalue weighted by molar-refractivity contribution is -0.137. The Bertz CT molecular complexity index is 1040. The first-order valence-corrected chi connectivity index (χ1v) is 12.3. The van der Waals surface area contributed by atoms with E-state index in [-0.39, 0.29) is 41.6 Å². The summed E-state index contributed by atoms with van der Waals surface area (Å²) in [5.41, 5.74) is -0.102. The Morgan fingerprint density at radius 2 is 1.69 bits per heavy atom. The van der Waals surface area contributed by atoms with Gasteiger partial charge in [0.15, 0.2) is 11.6 Å². The fraction of sp³-hybridized carbons (Fsp3) is 0.524. The molecule has 1 aliphatic heterocycles. The van der Waals surface area contributed by atoms with Gasteiger partial charge in [0, 0.05) is 19.1 Å². The Labute approximate surface area is 184 Å². The zero-order valence-electron chi connectivity index (χ0n) is 17.3. The molecule has 0 bridgehead atoms. The van der Waals surface area contributed by atoms with Crippen molar-refractivity contribution in [2.45, 2.75) is 44.4 Å². The maximum atomic E-state index is 15.2. The van der Waals surface area contributed by atoms with E-state index < -0.39 is 27.4 Å². The molecule has 2 aliphatic rings. The van der Waals surface area contributed by atoms with Gasteiger partial charge in [-0.15, -0.1) is 0 Å². The molecule has 0 radical (unpaired) electrons. The summed E-state index contributed by atoms with van der Waals surface area (Å²) in [5, 5.41) is 2.98. The van der Waals surface area contributed by atoms with E-state index in [1.807, 2.05) is 0 Å². The van der Waals surface area contributed by atoms with Crippen LogP contribution in [0.5, 0.6) is 0 Å². The van der Waals surface area contributed by atoms with Gasteiger partial charge < -0.3 is 10.2 Å². The average Bonchev–Trinajstić information content (AvgIpc) is 3.57. The second-order valence-corrected chi connectivity index (χ2v) is 10.7. The summed E-state index contributed by atoms with van der Waals surface area (Å²) in [6.45, 7) is 0.641. The third-order valence-corrected chi connectivity index (χ3v) is 7.61. The molecule has 2 aromatic rings. The number of hydrogen-bond donors (Lipinski definition) is 1. The quantitative estimate of drug-likeness (QED) is 0.613. The minimum absolute atomic E-state index is 0.0431. The maximum absolute atomic E-state index is 15.2. The number of aromatic nitrogens is 2. The smallest absolute Gasteiger partial charge is 0.367 e. The normalized spacial score (nSPS) is 19.0. The van der Waals surface area contributed by atoms with Gasteiger partial charge in [-0.25, -0.2) is 18.4 Å². The number of rotatable bonds is 7. The van der Waals surface area contributed by atoms with Gasteiger partial charge in [0.05, 0.1) is 17.1 Å². The predicted octanol–water partition coefficient (Wildman–Crippen LogP) is 4.04. The molecule has 4 rings (SSSR count). The Hall–Kier alpha value is -2.43. The predicted molar refractivity (Wildman–Crippen MR) is 113 cm³/mol. The maximum Gasteiger partial charge on any atom is 0.416 e. The van der Waals surface area contributed by atoms with E-state index in [1.54, 1.807) is 4.90 Å². The highest BCUT2D eigenvalue weighted by Gasteiger charge is 2.34. The molecule has 0 amide bonds. The van der Waals surface area contributed by atoms with Crippen LogP contribution in [0.15, 0.2) is 30.6 Å². The molecule has 6 nitrogen and oxygen atoms in total. The van der Waals surface area contributed by atoms with Gasteiger partial charge in [-0.2, -0.15) is 17.6 Å². The number of nitrogens with one attached hydrogen (secondary N) is 1. The second-order valence-electron chi connectivity index (χ2n) is 8.39. The molecule has 0 atom stereocenters. The Morgan fingerprint density at radius 3 is 2.28 bits per heavy atom. The highest BCUT2D eigenvalue weighted by molar-refractivity contribution is 7.91. The number of nitrogens with zero attached hydrogens (tertiary/aromatic N) is 3. The summed E-state index contributed by atoms with van der Waals surface area (Å²) in [7, 11) is -2.96. The molecule has 1 saturated carbocycles. The first-order chi connectivity index (χ1) is 15.1. The molecule has 1 aliphatic carbocycles. The van der Waals surface area contributed by atoms with E-state index >= 15 is 4.39 Å². The van der Waals surface area contributed by atoms with E-state index in [4.69, 9.17) is 0 Å². The van der Waals surface area contributed by atoms with Crippen LogP contribution >= 0.6 is 0 Å². The standard InChI is InChI=1S/C21H24F4N4O2S/c22-18-19(26-11-14-7-9-32(30,31)10-8-14)27-13-28-20(18)29(17-5-6-17)12-15-1-3-16(4-2-15)21(23,24)25/h1-4,13-14,17H,5-12H2,(H,26,27,28). The first-order valence-electron chi connectivity index (χ1n) is 10.5. The van der Waals surface area contributed by atoms with Crippen molar-refractivity contribution in [1.29, 1.82) is 0 Å². The molecule has 1 saturated heterocycles. The lowest BCUT2D eigenvalue weighted by Gasteiger charge is -2.25. The van der Waals surface area contributed by atoms with Gasteiger partial charge in [-0.05, 0) is 49.3 Å². The zero-order chi connectivity index (χ0) is 22.9. The van der Waals surface area contributed by atoms with Gasteiger partial charge in [0.25, 0.3) is 0 Å². The molecule has 1 aromatic heterocycles. The van der Waals surface area contributed by atoms with E-state index in [9.17, 15) is 21.6 Å². The van der Waals surface area contributed by atoms with Crippen molar-refractivity contribution >= 4 is 21.5 Å². The molecule has 1 aromatic carbocycles. The van der Waals surface area contributed by atoms with Crippen LogP contribution in [0.4, 0.5) is 29.2 Å². The summed E-state index contributed by atoms with van der Waals surface area (Å²) in [5.74, 6) is -0.0748. The summed E-state index contributed by atoms with van der Waals surface area (Å²) < 4.78 is 76.8. The zero-order valence-corrected chi connectivity index (χ0v) is 18.1. The van der Waals surface area contributed by atoms with Gasteiger partial charge in [-0.3, -0.25) is 0 Å². The van der Waals surface area contributed by atoms with Crippen LogP contribution in [0.3, 0.4) is 0 Å². The van der Waals surface area contributed by atoms with Gasteiger partial charge >= 0.3 is 6.18 Å². The molecule has 2 heterocycles. The number of benzene rings is 1. The van der Waals surface area contributed by atoms with Crippen LogP contribution < -0.4 is 10.2 Å². The number of alkyl halides is 3. The van der Waals surface area contributed by atoms with Crippen molar-refractivity contribution in [2.75, 3.05) is 28.3 Å². The number of hydrogen-bond acceptors (Lipinski definition) is 6. The van der Waals surface area contributed by atoms with Crippen LogP contribution in [-0.2, 0) is 22.6 Å². The van der Waals surface area contributed by atoms with Crippen molar-refractivity contribution in [3.63, 3.8) is 0 Å². The van der Waals surface area contributed by atoms with Crippen molar-refractivity contribution in [1.82, 2.24) is 9.97 Å². The van der Waals surface area contributed by atoms with Gasteiger partial charge in [-0.1, -0.05) is 12.1 Å². The lowest BCUT2D eigenvalue weighted by atomic mass is 10.0. The van der Waals surface area contributed by atoms with Crippen LogP contribution in [-0.4, -0.2) is 42.5 Å². The third kappa shape index (κ3) is 5.48. The van der Waals surface area contributed by atoms with E-state index in [1.165, 1.54) is 18.5 Å². The lowest BCUT2D eigenvalue weighted by Crippen LogP contribution is -2.29. The molecule has 174 valence electrons. The van der Waals surface area contributed by atoms with E-state index in [0.29, 0.717) is 24.9 Å². The van der Waals surface area contributed by atoms with Crippen LogP contribution in [0.25, 0.3) is 0 Å². The number of halogens is 4. The fourth-order valence-electron chi connectivity index (χ4n) is 3.83. The highest BCUT2D eigenvalue weighted by atomic mass is 32.2. The number of sulfone groups is 1. The second kappa shape index (κ2) is 8.84. The molecule has 1 N–H and O–H groups in total. The molecular weight excluding hydrogens is 448 g/mol. The van der Waals surface area contributed by atoms with Crippen LogP contribution in [0, 0.1) is 11.7 Å². The first kappa shape index (κ1) is 22.8. The Balaban J connectivity index is 1.46. The minimum atomic E-state index is -4.41. The molecule has 11 heteroatoms. The molecular formula is C21H24F4N4O2S. The van der Waals surface area contributed by atoms with Crippen molar-refractivity contribution in [3.8, 4) is 0 Å². The summed E-state index contributed by atoms with van der Waals surface area (Å²) >= 11 is 0. The summed E-state index contributed by atoms with van der Waals surface area (Å²) in [6, 6.07) is 4.90. The third-order valence-electron chi connectivity index (χ3n) is 5.90. The molecule has 2 fully saturated rings.